The molecule has 0 aromatic heterocycles. The molecule has 0 saturated carbocycles. The van der Waals surface area contributed by atoms with E-state index in [4.69, 9.17) is 4.74 Å². The molecule has 1 fully saturated rings. The number of hydrogen-bond donors (Lipinski definition) is 1. The minimum absolute atomic E-state index is 0.0674. The van der Waals surface area contributed by atoms with E-state index in [1.165, 1.54) is 22.3 Å². The fourth-order valence-electron chi connectivity index (χ4n) is 5.41. The van der Waals surface area contributed by atoms with E-state index in [1.807, 2.05) is 54.6 Å². The van der Waals surface area contributed by atoms with Crippen LogP contribution >= 0.6 is 0 Å². The Labute approximate surface area is 245 Å². The average molecular weight is 549 g/mol. The topological polar surface area (TPSA) is 41.6 Å². The van der Waals surface area contributed by atoms with Gasteiger partial charge in [-0.1, -0.05) is 97.1 Å². The van der Waals surface area contributed by atoms with Crippen molar-refractivity contribution in [1.29, 1.82) is 0 Å². The Bertz CT molecular complexity index is 1410. The number of benzene rings is 4. The first-order valence-corrected chi connectivity index (χ1v) is 14.7. The summed E-state index contributed by atoms with van der Waals surface area (Å²) in [5, 5.41) is 2.97. The molecule has 5 heteroatoms. The van der Waals surface area contributed by atoms with Crippen LogP contribution in [0.4, 0.5) is 10.5 Å². The molecular weight excluding hydrogens is 506 g/mol. The normalized spacial score (nSPS) is 14.5. The van der Waals surface area contributed by atoms with Crippen molar-refractivity contribution in [3.05, 3.63) is 114 Å². The van der Waals surface area contributed by atoms with Gasteiger partial charge in [0.2, 0.25) is 0 Å². The van der Waals surface area contributed by atoms with Gasteiger partial charge in [-0.05, 0) is 48.1 Å². The maximum atomic E-state index is 12.7. The van der Waals surface area contributed by atoms with Crippen LogP contribution in [0.5, 0.6) is 0 Å². The van der Waals surface area contributed by atoms with Gasteiger partial charge in [0.15, 0.2) is 0 Å². The van der Waals surface area contributed by atoms with Gasteiger partial charge < -0.3 is 9.22 Å². The van der Waals surface area contributed by atoms with E-state index in [0.29, 0.717) is 0 Å². The molecule has 0 radical (unpaired) electrons. The lowest BCUT2D eigenvalue weighted by Crippen LogP contribution is -2.38. The molecule has 1 saturated heterocycles. The number of para-hydroxylation sites is 1. The summed E-state index contributed by atoms with van der Waals surface area (Å²) in [6.45, 7) is 7.13. The van der Waals surface area contributed by atoms with E-state index in [1.54, 1.807) is 0 Å². The van der Waals surface area contributed by atoms with Gasteiger partial charge in [0.1, 0.15) is 12.6 Å². The lowest BCUT2D eigenvalue weighted by atomic mass is 10.0. The maximum Gasteiger partial charge on any atom is 0.411 e. The number of carbonyl (C=O) groups excluding carboxylic acids is 1. The zero-order valence-electron chi connectivity index (χ0n) is 24.6. The van der Waals surface area contributed by atoms with Gasteiger partial charge in [0.25, 0.3) is 0 Å². The van der Waals surface area contributed by atoms with Crippen molar-refractivity contribution >= 4 is 11.8 Å². The molecule has 41 heavy (non-hydrogen) atoms. The Kier molecular flexibility index (Phi) is 9.17. The van der Waals surface area contributed by atoms with E-state index >= 15 is 0 Å². The summed E-state index contributed by atoms with van der Waals surface area (Å²) in [6.07, 6.45) is 1.23. The number of ether oxygens (including phenoxy) is 1. The highest BCUT2D eigenvalue weighted by atomic mass is 16.6. The monoisotopic (exact) mass is 548 g/mol. The fraction of sp³-hybridized carbons (Fsp3) is 0.306. The lowest BCUT2D eigenvalue weighted by molar-refractivity contribution is -0.901. The minimum Gasteiger partial charge on any atom is -0.446 e. The van der Waals surface area contributed by atoms with Gasteiger partial charge in [-0.15, -0.1) is 0 Å². The summed E-state index contributed by atoms with van der Waals surface area (Å²) in [4.78, 5) is 15.2. The molecule has 212 valence electrons. The zero-order chi connectivity index (χ0) is 28.7. The Morgan fingerprint density at radius 2 is 1.37 bits per heavy atom. The Morgan fingerprint density at radius 3 is 2.00 bits per heavy atom. The molecule has 1 N–H and O–H groups in total. The summed E-state index contributed by atoms with van der Waals surface area (Å²) < 4.78 is 6.81. The Morgan fingerprint density at radius 1 is 0.780 bits per heavy atom. The molecule has 0 bridgehead atoms. The van der Waals surface area contributed by atoms with E-state index in [9.17, 15) is 4.79 Å². The van der Waals surface area contributed by atoms with Gasteiger partial charge >= 0.3 is 6.09 Å². The number of nitrogens with zero attached hydrogens (tertiary/aromatic N) is 2. The molecule has 4 aromatic carbocycles. The molecule has 1 amide bonds. The SMILES string of the molecule is CC[N+](C)(C)Cc1ccc(-c2ccc(CN3CCC(OC(=O)Nc4ccccc4-c4ccccc4)CC3)cc2)cc1. The van der Waals surface area contributed by atoms with E-state index in [-0.39, 0.29) is 12.2 Å². The van der Waals surface area contributed by atoms with Gasteiger partial charge in [0, 0.05) is 30.8 Å². The van der Waals surface area contributed by atoms with Crippen molar-refractivity contribution in [2.75, 3.05) is 39.0 Å². The standard InChI is InChI=1S/C36H41N3O2/c1-4-39(2,3)27-29-16-20-31(21-17-29)30-18-14-28(15-19-30)26-38-24-22-33(23-25-38)41-36(40)37-35-13-9-8-12-34(35)32-10-6-5-7-11-32/h5-21,33H,4,22-27H2,1-3H3/p+1. The molecule has 1 aliphatic heterocycles. The third kappa shape index (κ3) is 7.84. The van der Waals surface area contributed by atoms with Crippen LogP contribution in [-0.4, -0.2) is 55.3 Å². The van der Waals surface area contributed by atoms with Crippen LogP contribution in [0.1, 0.15) is 30.9 Å². The van der Waals surface area contributed by atoms with Crippen LogP contribution < -0.4 is 5.32 Å². The van der Waals surface area contributed by atoms with Gasteiger partial charge in [-0.2, -0.15) is 0 Å². The number of piperidine rings is 1. The fourth-order valence-corrected chi connectivity index (χ4v) is 5.41. The third-order valence-corrected chi connectivity index (χ3v) is 8.17. The van der Waals surface area contributed by atoms with E-state index in [2.05, 4.69) is 79.8 Å². The summed E-state index contributed by atoms with van der Waals surface area (Å²) in [5.41, 5.74) is 7.99. The predicted octanol–water partition coefficient (Wildman–Crippen LogP) is 7.83. The first-order chi connectivity index (χ1) is 19.9. The summed E-state index contributed by atoms with van der Waals surface area (Å²) in [7, 11) is 4.54. The van der Waals surface area contributed by atoms with Crippen molar-refractivity contribution in [3.8, 4) is 22.3 Å². The molecule has 0 atom stereocenters. The largest absolute Gasteiger partial charge is 0.446 e. The molecule has 5 rings (SSSR count). The molecule has 4 aromatic rings. The van der Waals surface area contributed by atoms with Crippen LogP contribution in [0, 0.1) is 0 Å². The van der Waals surface area contributed by atoms with Crippen molar-refractivity contribution in [2.24, 2.45) is 0 Å². The second kappa shape index (κ2) is 13.2. The lowest BCUT2D eigenvalue weighted by Gasteiger charge is -2.31. The Balaban J connectivity index is 1.09. The molecule has 1 aliphatic rings. The van der Waals surface area contributed by atoms with Crippen molar-refractivity contribution in [2.45, 2.75) is 39.0 Å². The van der Waals surface area contributed by atoms with Crippen molar-refractivity contribution in [1.82, 2.24) is 4.90 Å². The van der Waals surface area contributed by atoms with Crippen LogP contribution in [0.2, 0.25) is 0 Å². The molecule has 0 spiro atoms. The van der Waals surface area contributed by atoms with E-state index in [0.717, 1.165) is 66.9 Å². The molecular formula is C36H42N3O2+. The average Bonchev–Trinajstić information content (AvgIpc) is 2.99. The van der Waals surface area contributed by atoms with Gasteiger partial charge in [-0.3, -0.25) is 10.2 Å². The minimum atomic E-state index is -0.386. The van der Waals surface area contributed by atoms with Gasteiger partial charge in [-0.25, -0.2) is 4.79 Å². The van der Waals surface area contributed by atoms with Crippen LogP contribution in [-0.2, 0) is 17.8 Å². The maximum absolute atomic E-state index is 12.7. The van der Waals surface area contributed by atoms with E-state index < -0.39 is 0 Å². The summed E-state index contributed by atoms with van der Waals surface area (Å²) in [6, 6.07) is 35.8. The third-order valence-electron chi connectivity index (χ3n) is 8.17. The molecule has 0 aliphatic carbocycles. The first kappa shape index (κ1) is 28.6. The summed E-state index contributed by atoms with van der Waals surface area (Å²) in [5.74, 6) is 0. The van der Waals surface area contributed by atoms with Crippen LogP contribution in [0.3, 0.4) is 0 Å². The number of quaternary nitrogens is 1. The van der Waals surface area contributed by atoms with Gasteiger partial charge in [0.05, 0.1) is 26.3 Å². The predicted molar refractivity (Wildman–Crippen MR) is 169 cm³/mol. The number of anilines is 1. The zero-order valence-corrected chi connectivity index (χ0v) is 24.6. The highest BCUT2D eigenvalue weighted by molar-refractivity contribution is 5.91. The molecule has 5 nitrogen and oxygen atoms in total. The highest BCUT2D eigenvalue weighted by Gasteiger charge is 2.23. The number of amides is 1. The van der Waals surface area contributed by atoms with Crippen molar-refractivity contribution in [3.63, 3.8) is 0 Å². The number of likely N-dealkylation sites (tertiary alicyclic amines) is 1. The molecule has 0 unspecified atom stereocenters. The number of rotatable bonds is 9. The summed E-state index contributed by atoms with van der Waals surface area (Å²) >= 11 is 0. The highest BCUT2D eigenvalue weighted by Crippen LogP contribution is 2.28. The smallest absolute Gasteiger partial charge is 0.411 e. The quantitative estimate of drug-likeness (QED) is 0.217. The number of hydrogen-bond acceptors (Lipinski definition) is 3. The van der Waals surface area contributed by atoms with Crippen LogP contribution in [0.25, 0.3) is 22.3 Å². The molecule has 1 heterocycles. The van der Waals surface area contributed by atoms with Crippen molar-refractivity contribution < 1.29 is 14.0 Å². The number of nitrogens with one attached hydrogen (secondary N) is 1. The first-order valence-electron chi connectivity index (χ1n) is 14.7. The number of carbonyl (C=O) groups is 1. The second-order valence-corrected chi connectivity index (χ2v) is 11.7. The second-order valence-electron chi connectivity index (χ2n) is 11.7. The Hall–Kier alpha value is -3.93. The van der Waals surface area contributed by atoms with Crippen LogP contribution in [0.15, 0.2) is 103 Å².